The zero-order valence-electron chi connectivity index (χ0n) is 16.8. The van der Waals surface area contributed by atoms with E-state index in [0.29, 0.717) is 6.54 Å². The van der Waals surface area contributed by atoms with Gasteiger partial charge in [0.25, 0.3) is 0 Å². The lowest BCUT2D eigenvalue weighted by Gasteiger charge is -2.32. The number of alkyl carbamates (subject to hydrolysis) is 1. The van der Waals surface area contributed by atoms with E-state index >= 15 is 0 Å². The summed E-state index contributed by atoms with van der Waals surface area (Å²) in [6.45, 7) is 11.6. The molecule has 146 valence electrons. The molecule has 1 fully saturated rings. The van der Waals surface area contributed by atoms with Crippen LogP contribution in [-0.2, 0) is 9.53 Å². The molecule has 1 aromatic heterocycles. The summed E-state index contributed by atoms with van der Waals surface area (Å²) in [5.74, 6) is -0.0795. The van der Waals surface area contributed by atoms with Crippen LogP contribution in [0, 0.1) is 13.8 Å². The zero-order valence-corrected chi connectivity index (χ0v) is 16.8. The molecule has 1 atom stereocenters. The number of carbonyl (C=O) groups is 2. The minimum atomic E-state index is -0.542. The molecule has 0 radical (unpaired) electrons. The van der Waals surface area contributed by atoms with Gasteiger partial charge in [0, 0.05) is 12.2 Å². The van der Waals surface area contributed by atoms with Gasteiger partial charge in [-0.3, -0.25) is 9.48 Å². The maximum absolute atomic E-state index is 12.8. The van der Waals surface area contributed by atoms with E-state index in [4.69, 9.17) is 4.74 Å². The molecule has 2 rings (SSSR count). The fourth-order valence-electron chi connectivity index (χ4n) is 3.47. The number of amides is 2. The van der Waals surface area contributed by atoms with Crippen LogP contribution in [0.25, 0.3) is 0 Å². The maximum Gasteiger partial charge on any atom is 0.407 e. The molecule has 1 heterocycles. The third-order valence-corrected chi connectivity index (χ3v) is 4.71. The summed E-state index contributed by atoms with van der Waals surface area (Å²) >= 11 is 0. The van der Waals surface area contributed by atoms with Crippen LogP contribution in [0.1, 0.15) is 70.8 Å². The number of carbonyl (C=O) groups excluding carboxylic acids is 2. The second kappa shape index (κ2) is 7.68. The summed E-state index contributed by atoms with van der Waals surface area (Å²) in [6, 6.07) is 1.56. The smallest absolute Gasteiger partial charge is 0.407 e. The van der Waals surface area contributed by atoms with Crippen LogP contribution in [0.5, 0.6) is 0 Å². The first kappa shape index (κ1) is 20.3. The molecule has 1 unspecified atom stereocenters. The van der Waals surface area contributed by atoms with E-state index < -0.39 is 23.3 Å². The molecule has 2 N–H and O–H groups in total. The molecule has 0 aliphatic heterocycles. The van der Waals surface area contributed by atoms with Crippen LogP contribution in [-0.4, -0.2) is 39.5 Å². The Kier molecular flexibility index (Phi) is 5.98. The zero-order chi connectivity index (χ0) is 19.5. The predicted octanol–water partition coefficient (Wildman–Crippen LogP) is 3.01. The minimum absolute atomic E-state index is 0.0795. The molecule has 7 heteroatoms. The predicted molar refractivity (Wildman–Crippen MR) is 100.0 cm³/mol. The van der Waals surface area contributed by atoms with Gasteiger partial charge < -0.3 is 15.4 Å². The molecule has 7 nitrogen and oxygen atoms in total. The lowest BCUT2D eigenvalue weighted by molar-refractivity contribution is -0.126. The third kappa shape index (κ3) is 5.22. The van der Waals surface area contributed by atoms with E-state index in [1.165, 1.54) is 0 Å². The van der Waals surface area contributed by atoms with Gasteiger partial charge in [-0.2, -0.15) is 5.10 Å². The standard InChI is InChI=1S/C19H32N4O3/c1-13-11-14(2)23(22-13)15(3)16(24)21-19(9-7-8-10-19)12-20-17(25)26-18(4,5)6/h11,15H,7-10,12H2,1-6H3,(H,20,25)(H,21,24). The Morgan fingerprint density at radius 2 is 1.92 bits per heavy atom. The van der Waals surface area contributed by atoms with Gasteiger partial charge in [0.1, 0.15) is 11.6 Å². The Bertz CT molecular complexity index is 654. The van der Waals surface area contributed by atoms with Crippen molar-refractivity contribution in [3.8, 4) is 0 Å². The number of hydrogen-bond acceptors (Lipinski definition) is 4. The van der Waals surface area contributed by atoms with Crippen molar-refractivity contribution >= 4 is 12.0 Å². The fourth-order valence-corrected chi connectivity index (χ4v) is 3.47. The molecular formula is C19H32N4O3. The molecule has 26 heavy (non-hydrogen) atoms. The quantitative estimate of drug-likeness (QED) is 0.841. The summed E-state index contributed by atoms with van der Waals surface area (Å²) in [5, 5.41) is 10.4. The van der Waals surface area contributed by atoms with Crippen molar-refractivity contribution < 1.29 is 14.3 Å². The van der Waals surface area contributed by atoms with Crippen LogP contribution in [0.3, 0.4) is 0 Å². The highest BCUT2D eigenvalue weighted by atomic mass is 16.6. The normalized spacial score (nSPS) is 17.6. The van der Waals surface area contributed by atoms with E-state index in [0.717, 1.165) is 37.1 Å². The molecule has 0 spiro atoms. The Morgan fingerprint density at radius 1 is 1.31 bits per heavy atom. The van der Waals surface area contributed by atoms with E-state index in [9.17, 15) is 9.59 Å². The van der Waals surface area contributed by atoms with E-state index in [1.54, 1.807) is 4.68 Å². The van der Waals surface area contributed by atoms with Crippen molar-refractivity contribution in [2.75, 3.05) is 6.54 Å². The molecule has 0 aromatic carbocycles. The summed E-state index contributed by atoms with van der Waals surface area (Å²) in [5.41, 5.74) is 0.889. The second-order valence-electron chi connectivity index (χ2n) is 8.38. The van der Waals surface area contributed by atoms with Crippen molar-refractivity contribution in [2.24, 2.45) is 0 Å². The van der Waals surface area contributed by atoms with Gasteiger partial charge in [0.05, 0.1) is 11.2 Å². The topological polar surface area (TPSA) is 85.2 Å². The van der Waals surface area contributed by atoms with Gasteiger partial charge in [0.2, 0.25) is 5.91 Å². The number of rotatable bonds is 5. The highest BCUT2D eigenvalue weighted by Crippen LogP contribution is 2.30. The Balaban J connectivity index is 2.01. The monoisotopic (exact) mass is 364 g/mol. The molecule has 1 saturated carbocycles. The molecule has 1 aliphatic carbocycles. The highest BCUT2D eigenvalue weighted by molar-refractivity contribution is 5.81. The van der Waals surface area contributed by atoms with E-state index in [1.807, 2.05) is 47.6 Å². The molecule has 0 saturated heterocycles. The number of nitrogens with zero attached hydrogens (tertiary/aromatic N) is 2. The molecule has 0 bridgehead atoms. The molecular weight excluding hydrogens is 332 g/mol. The first-order valence-corrected chi connectivity index (χ1v) is 9.33. The van der Waals surface area contributed by atoms with Crippen LogP contribution in [0.4, 0.5) is 4.79 Å². The number of aromatic nitrogens is 2. The SMILES string of the molecule is Cc1cc(C)n(C(C)C(=O)NC2(CNC(=O)OC(C)(C)C)CCCC2)n1. The maximum atomic E-state index is 12.8. The Hall–Kier alpha value is -2.05. The van der Waals surface area contributed by atoms with Crippen molar-refractivity contribution in [1.29, 1.82) is 0 Å². The third-order valence-electron chi connectivity index (χ3n) is 4.71. The van der Waals surface area contributed by atoms with Gasteiger partial charge in [0.15, 0.2) is 0 Å². The first-order valence-electron chi connectivity index (χ1n) is 9.33. The lowest BCUT2D eigenvalue weighted by atomic mass is 9.97. The summed E-state index contributed by atoms with van der Waals surface area (Å²) in [7, 11) is 0. The van der Waals surface area contributed by atoms with Crippen molar-refractivity contribution in [2.45, 2.75) is 84.4 Å². The van der Waals surface area contributed by atoms with Crippen molar-refractivity contribution in [3.05, 3.63) is 17.5 Å². The Morgan fingerprint density at radius 3 is 2.42 bits per heavy atom. The number of nitrogens with one attached hydrogen (secondary N) is 2. The fraction of sp³-hybridized carbons (Fsp3) is 0.737. The van der Waals surface area contributed by atoms with E-state index in [2.05, 4.69) is 15.7 Å². The van der Waals surface area contributed by atoms with Gasteiger partial charge in [-0.1, -0.05) is 12.8 Å². The van der Waals surface area contributed by atoms with Crippen molar-refractivity contribution in [3.63, 3.8) is 0 Å². The summed E-state index contributed by atoms with van der Waals surface area (Å²) in [6.07, 6.45) is 3.30. The average Bonchev–Trinajstić information content (AvgIpc) is 3.09. The van der Waals surface area contributed by atoms with Crippen LogP contribution < -0.4 is 10.6 Å². The number of hydrogen-bond donors (Lipinski definition) is 2. The molecule has 2 amide bonds. The van der Waals surface area contributed by atoms with Crippen molar-refractivity contribution in [1.82, 2.24) is 20.4 Å². The summed E-state index contributed by atoms with van der Waals surface area (Å²) in [4.78, 5) is 24.8. The van der Waals surface area contributed by atoms with E-state index in [-0.39, 0.29) is 5.91 Å². The molecule has 1 aliphatic rings. The largest absolute Gasteiger partial charge is 0.444 e. The molecule has 1 aromatic rings. The van der Waals surface area contributed by atoms with Crippen LogP contribution >= 0.6 is 0 Å². The lowest BCUT2D eigenvalue weighted by Crippen LogP contribution is -2.55. The number of ether oxygens (including phenoxy) is 1. The van der Waals surface area contributed by atoms with Gasteiger partial charge in [-0.05, 0) is 60.5 Å². The van der Waals surface area contributed by atoms with Crippen LogP contribution in [0.2, 0.25) is 0 Å². The van der Waals surface area contributed by atoms with Gasteiger partial charge in [-0.25, -0.2) is 4.79 Å². The van der Waals surface area contributed by atoms with Crippen LogP contribution in [0.15, 0.2) is 6.07 Å². The minimum Gasteiger partial charge on any atom is -0.444 e. The highest BCUT2D eigenvalue weighted by Gasteiger charge is 2.37. The number of aryl methyl sites for hydroxylation is 2. The van der Waals surface area contributed by atoms with Gasteiger partial charge in [-0.15, -0.1) is 0 Å². The average molecular weight is 364 g/mol. The van der Waals surface area contributed by atoms with Gasteiger partial charge >= 0.3 is 6.09 Å². The summed E-state index contributed by atoms with van der Waals surface area (Å²) < 4.78 is 7.05. The Labute approximate surface area is 155 Å². The second-order valence-corrected chi connectivity index (χ2v) is 8.38. The first-order chi connectivity index (χ1) is 12.0.